The molecule has 11 nitrogen and oxygen atoms in total. The van der Waals surface area contributed by atoms with Crippen LogP contribution in [0.2, 0.25) is 0 Å². The third-order valence-corrected chi connectivity index (χ3v) is 17.2. The number of thiophene rings is 2. The molecular formula is C58H68O11S4. The van der Waals surface area contributed by atoms with Gasteiger partial charge in [-0.15, -0.1) is 46.2 Å². The summed E-state index contributed by atoms with van der Waals surface area (Å²) in [6, 6.07) is 38.2. The summed E-state index contributed by atoms with van der Waals surface area (Å²) >= 11 is 7.07. The minimum absolute atomic E-state index is 0.121. The predicted octanol–water partition coefficient (Wildman–Crippen LogP) is 11.9. The second kappa shape index (κ2) is 25.0. The molecule has 4 aromatic carbocycles. The molecule has 0 spiro atoms. The topological polar surface area (TPSA) is 150 Å². The van der Waals surface area contributed by atoms with Crippen molar-refractivity contribution in [1.82, 2.24) is 0 Å². The summed E-state index contributed by atoms with van der Waals surface area (Å²) in [6.45, 7) is 14.4. The lowest BCUT2D eigenvalue weighted by Crippen LogP contribution is -2.52. The van der Waals surface area contributed by atoms with Crippen molar-refractivity contribution in [3.63, 3.8) is 0 Å². The van der Waals surface area contributed by atoms with Crippen molar-refractivity contribution >= 4 is 58.1 Å². The van der Waals surface area contributed by atoms with Crippen molar-refractivity contribution < 1.29 is 53.3 Å². The normalized spacial score (nSPS) is 24.3. The first-order valence-electron chi connectivity index (χ1n) is 24.4. The Kier molecular flexibility index (Phi) is 19.3. The highest BCUT2D eigenvalue weighted by molar-refractivity contribution is 7.98. The van der Waals surface area contributed by atoms with Gasteiger partial charge in [0.05, 0.1) is 6.10 Å². The van der Waals surface area contributed by atoms with Gasteiger partial charge in [0, 0.05) is 69.0 Å². The van der Waals surface area contributed by atoms with Gasteiger partial charge >= 0.3 is 11.9 Å². The fraction of sp³-hybridized carbons (Fsp3) is 0.414. The highest BCUT2D eigenvalue weighted by Crippen LogP contribution is 2.43. The Balaban J connectivity index is 0.000000207. The van der Waals surface area contributed by atoms with E-state index >= 15 is 0 Å². The largest absolute Gasteiger partial charge is 0.458 e. The zero-order chi connectivity index (χ0) is 52.7. The smallest absolute Gasteiger partial charge is 0.303 e. The van der Waals surface area contributed by atoms with E-state index in [9.17, 15) is 19.8 Å². The molecule has 2 unspecified atom stereocenters. The van der Waals surface area contributed by atoms with Crippen molar-refractivity contribution in [2.24, 2.45) is 5.92 Å². The Labute approximate surface area is 446 Å². The zero-order valence-electron chi connectivity index (χ0n) is 43.3. The number of hydrogen-bond donors (Lipinski definition) is 3. The van der Waals surface area contributed by atoms with Crippen LogP contribution >= 0.6 is 46.2 Å². The second-order valence-electron chi connectivity index (χ2n) is 19.0. The third-order valence-electron chi connectivity index (χ3n) is 13.4. The lowest BCUT2D eigenvalue weighted by atomic mass is 9.85. The zero-order valence-corrected chi connectivity index (χ0v) is 46.6. The molecule has 2 aromatic heterocycles. The van der Waals surface area contributed by atoms with Crippen molar-refractivity contribution in [2.45, 2.75) is 139 Å². The molecule has 15 heteroatoms. The van der Waals surface area contributed by atoms with E-state index in [-0.39, 0.29) is 12.0 Å². The van der Waals surface area contributed by atoms with Crippen molar-refractivity contribution in [2.75, 3.05) is 19.6 Å². The molecule has 5 heterocycles. The fourth-order valence-corrected chi connectivity index (χ4v) is 12.2. The molecular weight excluding hydrogens is 1000 g/mol. The Morgan fingerprint density at radius 3 is 1.70 bits per heavy atom. The Bertz CT molecular complexity index is 2790. The molecule has 9 rings (SSSR count). The van der Waals surface area contributed by atoms with E-state index in [0.29, 0.717) is 5.56 Å². The highest BCUT2D eigenvalue weighted by atomic mass is 32.2. The number of aryl methyl sites for hydroxylation is 2. The van der Waals surface area contributed by atoms with Crippen LogP contribution in [0.4, 0.5) is 0 Å². The summed E-state index contributed by atoms with van der Waals surface area (Å²) < 4.78 is 35.1. The minimum Gasteiger partial charge on any atom is -0.458 e. The van der Waals surface area contributed by atoms with E-state index in [1.807, 2.05) is 38.1 Å². The quantitative estimate of drug-likeness (QED) is 0.0744. The van der Waals surface area contributed by atoms with Gasteiger partial charge in [0.1, 0.15) is 36.6 Å². The Morgan fingerprint density at radius 1 is 0.685 bits per heavy atom. The van der Waals surface area contributed by atoms with Gasteiger partial charge in [-0.05, 0) is 140 Å². The highest BCUT2D eigenvalue weighted by Gasteiger charge is 2.56. The van der Waals surface area contributed by atoms with Gasteiger partial charge in [-0.2, -0.15) is 0 Å². The van der Waals surface area contributed by atoms with Crippen LogP contribution in [-0.2, 0) is 50.9 Å². The van der Waals surface area contributed by atoms with E-state index in [4.69, 9.17) is 33.5 Å². The van der Waals surface area contributed by atoms with E-state index in [1.165, 1.54) is 65.4 Å². The summed E-state index contributed by atoms with van der Waals surface area (Å²) in [5.74, 6) is -1.76. The number of ether oxygens (including phenoxy) is 6. The van der Waals surface area contributed by atoms with Crippen LogP contribution in [0.25, 0.3) is 20.9 Å². The number of esters is 2. The Hall–Kier alpha value is -4.36. The number of rotatable bonds is 13. The molecule has 10 atom stereocenters. The van der Waals surface area contributed by atoms with Gasteiger partial charge in [0.25, 0.3) is 0 Å². The number of carbonyl (C=O) groups excluding carboxylic acids is 2. The van der Waals surface area contributed by atoms with Crippen molar-refractivity contribution in [3.05, 3.63) is 152 Å². The van der Waals surface area contributed by atoms with Crippen LogP contribution < -0.4 is 0 Å². The maximum atomic E-state index is 12.0. The molecule has 3 saturated heterocycles. The second-order valence-corrected chi connectivity index (χ2v) is 23.1. The van der Waals surface area contributed by atoms with Gasteiger partial charge < -0.3 is 43.7 Å². The summed E-state index contributed by atoms with van der Waals surface area (Å²) in [5, 5.41) is 28.8. The molecule has 3 N–H and O–H groups in total. The van der Waals surface area contributed by atoms with Crippen LogP contribution in [0.5, 0.6) is 0 Å². The van der Waals surface area contributed by atoms with Gasteiger partial charge in [0.15, 0.2) is 18.2 Å². The van der Waals surface area contributed by atoms with Gasteiger partial charge in [-0.1, -0.05) is 67.6 Å². The van der Waals surface area contributed by atoms with Gasteiger partial charge in [-0.25, -0.2) is 0 Å². The number of hydrogen-bond acceptors (Lipinski definition) is 15. The molecule has 0 saturated carbocycles. The lowest BCUT2D eigenvalue weighted by Gasteiger charge is -2.43. The molecule has 0 amide bonds. The number of fused-ring (bicyclic) bond motifs is 1. The maximum absolute atomic E-state index is 12.0. The number of thioether (sulfide) groups is 2. The number of aliphatic hydroxyl groups excluding tert-OH is 3. The van der Waals surface area contributed by atoms with Gasteiger partial charge in [-0.3, -0.25) is 9.59 Å². The van der Waals surface area contributed by atoms with Crippen molar-refractivity contribution in [1.29, 1.82) is 0 Å². The predicted molar refractivity (Wildman–Crippen MR) is 292 cm³/mol. The molecule has 3 aliphatic heterocycles. The van der Waals surface area contributed by atoms with E-state index in [1.54, 1.807) is 60.0 Å². The minimum atomic E-state index is -0.982. The number of aliphatic hydroxyl groups is 3. The number of benzene rings is 4. The Morgan fingerprint density at radius 2 is 1.19 bits per heavy atom. The van der Waals surface area contributed by atoms with Crippen LogP contribution in [0, 0.1) is 19.8 Å². The van der Waals surface area contributed by atoms with E-state index in [2.05, 4.69) is 111 Å². The summed E-state index contributed by atoms with van der Waals surface area (Å²) in [5.41, 5.74) is 8.74. The molecule has 73 heavy (non-hydrogen) atoms. The number of carbonyl (C=O) groups is 2. The first-order chi connectivity index (χ1) is 34.9. The summed E-state index contributed by atoms with van der Waals surface area (Å²) in [6.07, 6.45) is -0.324. The van der Waals surface area contributed by atoms with Crippen LogP contribution in [0.3, 0.4) is 0 Å². The molecule has 3 fully saturated rings. The average molecular weight is 1070 g/mol. The standard InChI is InChI=1S/C30H34O5S2.C27H30O5S2.CH4O/c1-17-7-8-23(29-30(35-21(5)32)28(34-20(4)31)18(2)19(3)33-29)15-24(17)16-26-13-14-27(37-26)22-9-11-25(36-6)12-10-22;1-15-5-6-17(22(28)24-23(29)25-26(30-24)32-27(2,3)31-25)13-18(15)14-20-11-12-21(34-20)16-7-9-19(33-4)10-8-16;1-2/h7-15,18-19,28-30H,16H2,1-6H3;5-13,22-26,28-29H,14H2,1-4H3;2H,1H3/t18-,19-,28+,29?,30-;22?,23-,24+,25+,26+;/m11./s1. The lowest BCUT2D eigenvalue weighted by molar-refractivity contribution is -0.226. The molecule has 3 aliphatic rings. The van der Waals surface area contributed by atoms with Crippen LogP contribution in [0.15, 0.2) is 119 Å². The molecule has 6 aromatic rings. The molecule has 390 valence electrons. The monoisotopic (exact) mass is 1070 g/mol. The summed E-state index contributed by atoms with van der Waals surface area (Å²) in [7, 11) is 1.00. The van der Waals surface area contributed by atoms with Crippen LogP contribution in [-0.4, -0.2) is 95.6 Å². The summed E-state index contributed by atoms with van der Waals surface area (Å²) in [4.78, 5) is 31.4. The first kappa shape index (κ1) is 56.4. The maximum Gasteiger partial charge on any atom is 0.303 e. The van der Waals surface area contributed by atoms with Crippen molar-refractivity contribution in [3.8, 4) is 20.9 Å². The fourth-order valence-electron chi connectivity index (χ4n) is 9.36. The SMILES string of the molecule is CO.CSc1ccc(-c2ccc(Cc3cc(C(O)[C@@H]4O[C@H]5OC(C)(C)O[C@H]5[C@@H]4O)ccc3C)s2)cc1.CSc1ccc(-c2ccc(Cc3cc(C4O[C@H](C)[C@@H](C)[C@H](OC(C)=O)[C@H]4OC(C)=O)ccc3C)s2)cc1. The van der Waals surface area contributed by atoms with E-state index in [0.717, 1.165) is 36.6 Å². The molecule has 0 radical (unpaired) electrons. The first-order valence-corrected chi connectivity index (χ1v) is 28.5. The third kappa shape index (κ3) is 13.7. The average Bonchev–Trinajstić information content (AvgIpc) is 4.18. The molecule has 0 aliphatic carbocycles. The molecule has 0 bridgehead atoms. The van der Waals surface area contributed by atoms with E-state index < -0.39 is 66.7 Å². The van der Waals surface area contributed by atoms with Crippen LogP contribution in [0.1, 0.15) is 96.9 Å². The van der Waals surface area contributed by atoms with Gasteiger partial charge in [0.2, 0.25) is 0 Å².